The molecule has 0 aliphatic rings. The van der Waals surface area contributed by atoms with Gasteiger partial charge in [-0.15, -0.1) is 0 Å². The molecule has 0 unspecified atom stereocenters. The molecular weight excluding hydrogens is 250 g/mol. The van der Waals surface area contributed by atoms with Gasteiger partial charge in [0, 0.05) is 6.20 Å². The number of nitrogens with zero attached hydrogens (tertiary/aromatic N) is 3. The number of ether oxygens (including phenoxy) is 1. The van der Waals surface area contributed by atoms with E-state index < -0.39 is 11.9 Å². The maximum atomic E-state index is 11.4. The van der Waals surface area contributed by atoms with Crippen LogP contribution < -0.4 is 11.5 Å². The van der Waals surface area contributed by atoms with E-state index in [0.29, 0.717) is 5.69 Å². The summed E-state index contributed by atoms with van der Waals surface area (Å²) >= 11 is 0. The van der Waals surface area contributed by atoms with Gasteiger partial charge >= 0.3 is 5.97 Å². The Morgan fingerprint density at radius 3 is 2.79 bits per heavy atom. The summed E-state index contributed by atoms with van der Waals surface area (Å²) in [6, 6.07) is 3.04. The van der Waals surface area contributed by atoms with Gasteiger partial charge in [-0.25, -0.2) is 9.48 Å². The summed E-state index contributed by atoms with van der Waals surface area (Å²) in [5, 5.41) is 3.99. The van der Waals surface area contributed by atoms with E-state index in [4.69, 9.17) is 11.5 Å². The van der Waals surface area contributed by atoms with Crippen molar-refractivity contribution in [3.05, 3.63) is 35.9 Å². The van der Waals surface area contributed by atoms with Crippen LogP contribution in [0.25, 0.3) is 5.69 Å². The highest BCUT2D eigenvalue weighted by atomic mass is 16.5. The lowest BCUT2D eigenvalue weighted by molar-refractivity contribution is 0.0594. The number of rotatable bonds is 3. The van der Waals surface area contributed by atoms with Crippen LogP contribution in [0, 0.1) is 0 Å². The van der Waals surface area contributed by atoms with Crippen LogP contribution in [-0.4, -0.2) is 33.8 Å². The van der Waals surface area contributed by atoms with E-state index in [-0.39, 0.29) is 17.1 Å². The van der Waals surface area contributed by atoms with Crippen LogP contribution in [0.2, 0.25) is 0 Å². The van der Waals surface area contributed by atoms with Crippen molar-refractivity contribution in [1.82, 2.24) is 14.8 Å². The zero-order valence-electron chi connectivity index (χ0n) is 10.0. The molecule has 0 fully saturated rings. The number of pyridine rings is 1. The van der Waals surface area contributed by atoms with Crippen molar-refractivity contribution >= 4 is 17.6 Å². The number of esters is 1. The average molecular weight is 261 g/mol. The lowest BCUT2D eigenvalue weighted by Gasteiger charge is -2.01. The highest BCUT2D eigenvalue weighted by Gasteiger charge is 2.16. The standard InChI is InChI=1S/C11H11N5O3/c1-19-11(18)9-7(12)5-16(15-9)6-2-3-14-8(4-6)10(13)17/h2-5H,12H2,1H3,(H2,13,17). The number of amides is 1. The van der Waals surface area contributed by atoms with Gasteiger partial charge in [0.2, 0.25) is 0 Å². The quantitative estimate of drug-likeness (QED) is 0.732. The second-order valence-corrected chi connectivity index (χ2v) is 3.63. The molecular formula is C11H11N5O3. The third kappa shape index (κ3) is 2.37. The first kappa shape index (κ1) is 12.6. The summed E-state index contributed by atoms with van der Waals surface area (Å²) in [6.45, 7) is 0. The maximum Gasteiger partial charge on any atom is 0.360 e. The Hall–Kier alpha value is -2.90. The first-order chi connectivity index (χ1) is 9.02. The highest BCUT2D eigenvalue weighted by Crippen LogP contribution is 2.15. The normalized spacial score (nSPS) is 10.2. The van der Waals surface area contributed by atoms with E-state index in [9.17, 15) is 9.59 Å². The monoisotopic (exact) mass is 261 g/mol. The molecule has 2 rings (SSSR count). The second kappa shape index (κ2) is 4.77. The number of nitrogens with two attached hydrogens (primary N) is 2. The number of carbonyl (C=O) groups is 2. The molecule has 8 heteroatoms. The van der Waals surface area contributed by atoms with Crippen LogP contribution in [0.1, 0.15) is 21.0 Å². The van der Waals surface area contributed by atoms with Gasteiger partial charge in [0.1, 0.15) is 5.69 Å². The first-order valence-electron chi connectivity index (χ1n) is 5.22. The summed E-state index contributed by atoms with van der Waals surface area (Å²) in [4.78, 5) is 26.2. The van der Waals surface area contributed by atoms with Gasteiger partial charge in [0.05, 0.1) is 24.7 Å². The Morgan fingerprint density at radius 2 is 2.16 bits per heavy atom. The van der Waals surface area contributed by atoms with Crippen molar-refractivity contribution in [2.45, 2.75) is 0 Å². The number of methoxy groups -OCH3 is 1. The van der Waals surface area contributed by atoms with E-state index in [2.05, 4.69) is 14.8 Å². The van der Waals surface area contributed by atoms with Gasteiger partial charge in [-0.2, -0.15) is 5.10 Å². The minimum absolute atomic E-state index is 0.0000581. The molecule has 2 aromatic rings. The van der Waals surface area contributed by atoms with Gasteiger partial charge in [0.15, 0.2) is 5.69 Å². The van der Waals surface area contributed by atoms with Crippen LogP contribution in [0.3, 0.4) is 0 Å². The third-order valence-corrected chi connectivity index (χ3v) is 2.38. The van der Waals surface area contributed by atoms with E-state index in [1.807, 2.05) is 0 Å². The molecule has 2 aromatic heterocycles. The fraction of sp³-hybridized carbons (Fsp3) is 0.0909. The van der Waals surface area contributed by atoms with E-state index in [0.717, 1.165) is 0 Å². The Balaban J connectivity index is 2.45. The van der Waals surface area contributed by atoms with Crippen LogP contribution in [-0.2, 0) is 4.74 Å². The molecule has 0 atom stereocenters. The molecule has 8 nitrogen and oxygen atoms in total. The number of hydrogen-bond acceptors (Lipinski definition) is 6. The van der Waals surface area contributed by atoms with Crippen molar-refractivity contribution in [3.8, 4) is 5.69 Å². The van der Waals surface area contributed by atoms with Crippen molar-refractivity contribution in [3.63, 3.8) is 0 Å². The third-order valence-electron chi connectivity index (χ3n) is 2.38. The molecule has 0 aliphatic carbocycles. The van der Waals surface area contributed by atoms with E-state index in [1.54, 1.807) is 6.07 Å². The predicted molar refractivity (Wildman–Crippen MR) is 65.6 cm³/mol. The van der Waals surface area contributed by atoms with E-state index >= 15 is 0 Å². The van der Waals surface area contributed by atoms with Crippen molar-refractivity contribution in [1.29, 1.82) is 0 Å². The smallest absolute Gasteiger partial charge is 0.360 e. The molecule has 19 heavy (non-hydrogen) atoms. The van der Waals surface area contributed by atoms with Crippen LogP contribution in [0.15, 0.2) is 24.5 Å². The Labute approximate surface area is 108 Å². The number of hydrogen-bond donors (Lipinski definition) is 2. The molecule has 0 radical (unpaired) electrons. The molecule has 2 heterocycles. The molecule has 0 bridgehead atoms. The lowest BCUT2D eigenvalue weighted by Crippen LogP contribution is -2.13. The SMILES string of the molecule is COC(=O)c1nn(-c2ccnc(C(N)=O)c2)cc1N. The van der Waals surface area contributed by atoms with Gasteiger partial charge in [-0.1, -0.05) is 0 Å². The molecule has 1 amide bonds. The fourth-order valence-electron chi connectivity index (χ4n) is 1.47. The van der Waals surface area contributed by atoms with Crippen molar-refractivity contribution < 1.29 is 14.3 Å². The van der Waals surface area contributed by atoms with Crippen LogP contribution in [0.4, 0.5) is 5.69 Å². The van der Waals surface area contributed by atoms with Crippen molar-refractivity contribution in [2.75, 3.05) is 12.8 Å². The summed E-state index contributed by atoms with van der Waals surface area (Å²) in [5.74, 6) is -1.30. The lowest BCUT2D eigenvalue weighted by atomic mass is 10.3. The Kier molecular flexibility index (Phi) is 3.15. The van der Waals surface area contributed by atoms with E-state index in [1.165, 1.54) is 30.3 Å². The van der Waals surface area contributed by atoms with Gasteiger partial charge in [0.25, 0.3) is 5.91 Å². The molecule has 0 saturated heterocycles. The number of anilines is 1. The highest BCUT2D eigenvalue weighted by molar-refractivity contribution is 5.93. The molecule has 0 aromatic carbocycles. The second-order valence-electron chi connectivity index (χ2n) is 3.63. The van der Waals surface area contributed by atoms with Gasteiger partial charge < -0.3 is 16.2 Å². The van der Waals surface area contributed by atoms with Crippen molar-refractivity contribution in [2.24, 2.45) is 5.73 Å². The fourth-order valence-corrected chi connectivity index (χ4v) is 1.47. The number of aromatic nitrogens is 3. The zero-order valence-corrected chi connectivity index (χ0v) is 10.0. The number of nitrogen functional groups attached to an aromatic ring is 1. The minimum atomic E-state index is -0.657. The first-order valence-corrected chi connectivity index (χ1v) is 5.22. The summed E-state index contributed by atoms with van der Waals surface area (Å²) in [6.07, 6.45) is 2.84. The predicted octanol–water partition coefficient (Wildman–Crippen LogP) is -0.265. The van der Waals surface area contributed by atoms with Crippen LogP contribution >= 0.6 is 0 Å². The zero-order chi connectivity index (χ0) is 14.0. The minimum Gasteiger partial charge on any atom is -0.464 e. The largest absolute Gasteiger partial charge is 0.464 e. The number of primary amides is 1. The van der Waals surface area contributed by atoms with Crippen LogP contribution in [0.5, 0.6) is 0 Å². The molecule has 0 aliphatic heterocycles. The molecule has 0 spiro atoms. The van der Waals surface area contributed by atoms with Gasteiger partial charge in [-0.05, 0) is 12.1 Å². The Morgan fingerprint density at radius 1 is 1.42 bits per heavy atom. The molecule has 98 valence electrons. The Bertz CT molecular complexity index is 650. The number of carbonyl (C=O) groups excluding carboxylic acids is 2. The maximum absolute atomic E-state index is 11.4. The molecule has 0 saturated carbocycles. The average Bonchev–Trinajstić information content (AvgIpc) is 2.80. The summed E-state index contributed by atoms with van der Waals surface area (Å²) in [7, 11) is 1.23. The van der Waals surface area contributed by atoms with Gasteiger partial charge in [-0.3, -0.25) is 9.78 Å². The topological polar surface area (TPSA) is 126 Å². The summed E-state index contributed by atoms with van der Waals surface area (Å²) in [5.41, 5.74) is 11.6. The summed E-state index contributed by atoms with van der Waals surface area (Å²) < 4.78 is 5.89. The molecule has 4 N–H and O–H groups in total.